The van der Waals surface area contributed by atoms with Gasteiger partial charge in [0.2, 0.25) is 0 Å². The molecule has 0 aliphatic heterocycles. The highest BCUT2D eigenvalue weighted by Gasteiger charge is 2.13. The van der Waals surface area contributed by atoms with Gasteiger partial charge in [-0.25, -0.2) is 4.39 Å². The van der Waals surface area contributed by atoms with Crippen molar-refractivity contribution in [1.29, 1.82) is 0 Å². The predicted octanol–water partition coefficient (Wildman–Crippen LogP) is 4.75. The Balaban J connectivity index is 1.68. The fourth-order valence-electron chi connectivity index (χ4n) is 2.91. The second-order valence-electron chi connectivity index (χ2n) is 5.73. The average Bonchev–Trinajstić information content (AvgIpc) is 3.16. The molecule has 2 heterocycles. The van der Waals surface area contributed by atoms with Crippen LogP contribution >= 0.6 is 0 Å². The van der Waals surface area contributed by atoms with Crippen molar-refractivity contribution < 1.29 is 18.3 Å². The van der Waals surface area contributed by atoms with Crippen LogP contribution < -0.4 is 4.74 Å². The van der Waals surface area contributed by atoms with Crippen molar-refractivity contribution in [3.8, 4) is 5.75 Å². The summed E-state index contributed by atoms with van der Waals surface area (Å²) in [6.07, 6.45) is 2.27. The fourth-order valence-corrected chi connectivity index (χ4v) is 2.91. The van der Waals surface area contributed by atoms with E-state index in [0.717, 1.165) is 22.8 Å². The van der Waals surface area contributed by atoms with Crippen molar-refractivity contribution in [2.45, 2.75) is 13.5 Å². The Morgan fingerprint density at radius 2 is 2.17 bits per heavy atom. The Morgan fingerprint density at radius 3 is 3.00 bits per heavy atom. The van der Waals surface area contributed by atoms with Gasteiger partial charge >= 0.3 is 0 Å². The largest absolute Gasteiger partial charge is 0.488 e. The van der Waals surface area contributed by atoms with Crippen LogP contribution in [-0.2, 0) is 6.61 Å². The quantitative estimate of drug-likeness (QED) is 0.551. The van der Waals surface area contributed by atoms with Crippen LogP contribution in [0.2, 0.25) is 0 Å². The van der Waals surface area contributed by atoms with Crippen LogP contribution in [0.15, 0.2) is 47.1 Å². The zero-order valence-electron chi connectivity index (χ0n) is 12.9. The molecule has 0 aliphatic rings. The first-order chi connectivity index (χ1) is 11.7. The van der Waals surface area contributed by atoms with Crippen LogP contribution in [0.1, 0.15) is 21.6 Å². The van der Waals surface area contributed by atoms with E-state index in [1.807, 2.05) is 25.1 Å². The lowest BCUT2D eigenvalue weighted by Gasteiger charge is -2.06. The summed E-state index contributed by atoms with van der Waals surface area (Å²) in [5.74, 6) is 0.305. The summed E-state index contributed by atoms with van der Waals surface area (Å²) in [6.45, 7) is 1.99. The standard InChI is InChI=1S/C19H14FNO3/c1-11-5-15(20)19-12(10-24-18(19)6-11)9-23-17-4-2-3-16-14(17)7-13(8-22)21-16/h2-8,10,21H,9H2,1H3. The van der Waals surface area contributed by atoms with Crippen LogP contribution in [0.4, 0.5) is 4.39 Å². The van der Waals surface area contributed by atoms with Gasteiger partial charge in [-0.15, -0.1) is 0 Å². The summed E-state index contributed by atoms with van der Waals surface area (Å²) >= 11 is 0. The summed E-state index contributed by atoms with van der Waals surface area (Å²) in [5, 5.41) is 1.25. The van der Waals surface area contributed by atoms with E-state index >= 15 is 0 Å². The molecule has 2 aromatic carbocycles. The number of carbonyl (C=O) groups is 1. The predicted molar refractivity (Wildman–Crippen MR) is 88.9 cm³/mol. The number of aromatic amines is 1. The maximum Gasteiger partial charge on any atom is 0.166 e. The van der Waals surface area contributed by atoms with Gasteiger partial charge < -0.3 is 14.1 Å². The number of furan rings is 1. The molecule has 0 radical (unpaired) electrons. The van der Waals surface area contributed by atoms with Crippen molar-refractivity contribution in [2.24, 2.45) is 0 Å². The summed E-state index contributed by atoms with van der Waals surface area (Å²) in [5.41, 5.74) is 3.25. The molecule has 24 heavy (non-hydrogen) atoms. The number of carbonyl (C=O) groups excluding carboxylic acids is 1. The third kappa shape index (κ3) is 2.34. The molecule has 120 valence electrons. The van der Waals surface area contributed by atoms with E-state index in [4.69, 9.17) is 9.15 Å². The second kappa shape index (κ2) is 5.53. The second-order valence-corrected chi connectivity index (χ2v) is 5.73. The molecule has 1 N–H and O–H groups in total. The summed E-state index contributed by atoms with van der Waals surface area (Å²) in [7, 11) is 0. The van der Waals surface area contributed by atoms with E-state index in [2.05, 4.69) is 4.98 Å². The number of hydrogen-bond acceptors (Lipinski definition) is 3. The highest BCUT2D eigenvalue weighted by atomic mass is 19.1. The van der Waals surface area contributed by atoms with Crippen molar-refractivity contribution in [3.05, 3.63) is 65.3 Å². The molecular formula is C19H14FNO3. The Kier molecular flexibility index (Phi) is 3.34. The Morgan fingerprint density at radius 1 is 1.29 bits per heavy atom. The van der Waals surface area contributed by atoms with Crippen molar-refractivity contribution in [1.82, 2.24) is 4.98 Å². The average molecular weight is 323 g/mol. The van der Waals surface area contributed by atoms with E-state index in [1.54, 1.807) is 12.1 Å². The molecule has 0 spiro atoms. The SMILES string of the molecule is Cc1cc(F)c2c(COc3cccc4[nH]c(C=O)cc34)coc2c1. The minimum absolute atomic E-state index is 0.174. The summed E-state index contributed by atoms with van der Waals surface area (Å²) in [6, 6.07) is 10.5. The van der Waals surface area contributed by atoms with Crippen LogP contribution in [-0.4, -0.2) is 11.3 Å². The minimum Gasteiger partial charge on any atom is -0.488 e. The molecule has 5 heteroatoms. The third-order valence-electron chi connectivity index (χ3n) is 4.00. The van der Waals surface area contributed by atoms with E-state index in [9.17, 15) is 9.18 Å². The van der Waals surface area contributed by atoms with Gasteiger partial charge in [0.15, 0.2) is 6.29 Å². The van der Waals surface area contributed by atoms with Crippen molar-refractivity contribution in [2.75, 3.05) is 0 Å². The van der Waals surface area contributed by atoms with Crippen LogP contribution in [0.3, 0.4) is 0 Å². The molecule has 2 aromatic heterocycles. The first-order valence-electron chi connectivity index (χ1n) is 7.51. The Labute approximate surface area is 136 Å². The summed E-state index contributed by atoms with van der Waals surface area (Å²) < 4.78 is 25.5. The lowest BCUT2D eigenvalue weighted by atomic mass is 10.1. The molecule has 4 nitrogen and oxygen atoms in total. The number of nitrogens with one attached hydrogen (secondary N) is 1. The van der Waals surface area contributed by atoms with E-state index in [-0.39, 0.29) is 12.4 Å². The number of H-pyrrole nitrogens is 1. The van der Waals surface area contributed by atoms with Crippen LogP contribution in [0, 0.1) is 12.7 Å². The highest BCUT2D eigenvalue weighted by Crippen LogP contribution is 2.29. The highest BCUT2D eigenvalue weighted by molar-refractivity contribution is 5.92. The Bertz CT molecular complexity index is 1060. The molecule has 0 fully saturated rings. The van der Waals surface area contributed by atoms with E-state index < -0.39 is 0 Å². The molecule has 4 rings (SSSR count). The number of benzene rings is 2. The van der Waals surface area contributed by atoms with Crippen LogP contribution in [0.5, 0.6) is 5.75 Å². The molecule has 0 saturated carbocycles. The number of halogens is 1. The zero-order valence-corrected chi connectivity index (χ0v) is 12.9. The van der Waals surface area contributed by atoms with Gasteiger partial charge in [0.05, 0.1) is 17.3 Å². The number of ether oxygens (including phenoxy) is 1. The normalized spacial score (nSPS) is 11.2. The molecule has 0 unspecified atom stereocenters. The fraction of sp³-hybridized carbons (Fsp3) is 0.105. The van der Waals surface area contributed by atoms with Gasteiger partial charge in [0.25, 0.3) is 0 Å². The number of hydrogen-bond donors (Lipinski definition) is 1. The number of aryl methyl sites for hydroxylation is 1. The van der Waals surface area contributed by atoms with Crippen molar-refractivity contribution >= 4 is 28.2 Å². The molecule has 0 atom stereocenters. The topological polar surface area (TPSA) is 55.2 Å². The number of aldehydes is 1. The third-order valence-corrected chi connectivity index (χ3v) is 4.00. The van der Waals surface area contributed by atoms with Crippen molar-refractivity contribution in [3.63, 3.8) is 0 Å². The maximum absolute atomic E-state index is 14.2. The molecule has 0 amide bonds. The lowest BCUT2D eigenvalue weighted by Crippen LogP contribution is -1.95. The molecule has 4 aromatic rings. The molecule has 0 saturated heterocycles. The van der Waals surface area contributed by atoms with E-state index in [1.165, 1.54) is 12.3 Å². The molecular weight excluding hydrogens is 309 g/mol. The monoisotopic (exact) mass is 323 g/mol. The smallest absolute Gasteiger partial charge is 0.166 e. The molecule has 0 aliphatic carbocycles. The van der Waals surface area contributed by atoms with Gasteiger partial charge in [-0.1, -0.05) is 6.07 Å². The lowest BCUT2D eigenvalue weighted by molar-refractivity contribution is 0.112. The summed E-state index contributed by atoms with van der Waals surface area (Å²) in [4.78, 5) is 13.9. The first-order valence-corrected chi connectivity index (χ1v) is 7.51. The molecule has 0 bridgehead atoms. The van der Waals surface area contributed by atoms with Crippen LogP contribution in [0.25, 0.3) is 21.9 Å². The van der Waals surface area contributed by atoms with Gasteiger partial charge in [0, 0.05) is 16.5 Å². The van der Waals surface area contributed by atoms with Gasteiger partial charge in [-0.05, 0) is 42.8 Å². The number of aromatic nitrogens is 1. The van der Waals surface area contributed by atoms with Gasteiger partial charge in [-0.3, -0.25) is 4.79 Å². The minimum atomic E-state index is -0.319. The number of fused-ring (bicyclic) bond motifs is 2. The maximum atomic E-state index is 14.2. The number of rotatable bonds is 4. The van der Waals surface area contributed by atoms with Gasteiger partial charge in [-0.2, -0.15) is 0 Å². The van der Waals surface area contributed by atoms with E-state index in [0.29, 0.717) is 28.0 Å². The zero-order chi connectivity index (χ0) is 16.7. The Hall–Kier alpha value is -3.08. The first kappa shape index (κ1) is 14.5. The van der Waals surface area contributed by atoms with Gasteiger partial charge in [0.1, 0.15) is 23.8 Å².